The molecule has 19 heavy (non-hydrogen) atoms. The zero-order chi connectivity index (χ0) is 13.7. The van der Waals surface area contributed by atoms with Gasteiger partial charge in [-0.25, -0.2) is 4.98 Å². The lowest BCUT2D eigenvalue weighted by atomic mass is 10.4. The van der Waals surface area contributed by atoms with Gasteiger partial charge in [0.25, 0.3) is 0 Å². The lowest BCUT2D eigenvalue weighted by Crippen LogP contribution is -2.28. The molecule has 1 aromatic heterocycles. The predicted molar refractivity (Wildman–Crippen MR) is 74.8 cm³/mol. The first kappa shape index (κ1) is 13.6. The monoisotopic (exact) mass is 276 g/mol. The summed E-state index contributed by atoms with van der Waals surface area (Å²) in [6.07, 6.45) is 0. The smallest absolute Gasteiger partial charge is 0.233 e. The number of nitrogens with zero attached hydrogens (tertiary/aromatic N) is 3. The van der Waals surface area contributed by atoms with E-state index in [1.165, 1.54) is 11.8 Å². The highest BCUT2D eigenvalue weighted by Gasteiger charge is 2.12. The van der Waals surface area contributed by atoms with Crippen molar-refractivity contribution in [3.63, 3.8) is 0 Å². The number of hydrogen-bond donors (Lipinski definition) is 1. The Morgan fingerprint density at radius 2 is 2.11 bits per heavy atom. The minimum atomic E-state index is 0.0660. The predicted octanol–water partition coefficient (Wildman–Crippen LogP) is 1.86. The molecule has 5 nitrogen and oxygen atoms in total. The molecule has 0 saturated carbocycles. The molecule has 0 aliphatic heterocycles. The van der Waals surface area contributed by atoms with Gasteiger partial charge in [0, 0.05) is 11.9 Å². The van der Waals surface area contributed by atoms with Crippen molar-refractivity contribution in [2.45, 2.75) is 18.4 Å². The fraction of sp³-hybridized carbons (Fsp3) is 0.308. The fourth-order valence-corrected chi connectivity index (χ4v) is 2.39. The number of carbonyl (C=O) groups excluding carboxylic acids is 1. The van der Waals surface area contributed by atoms with Gasteiger partial charge in [0.15, 0.2) is 5.82 Å². The minimum absolute atomic E-state index is 0.0660. The van der Waals surface area contributed by atoms with Crippen molar-refractivity contribution < 1.29 is 4.79 Å². The van der Waals surface area contributed by atoms with E-state index in [2.05, 4.69) is 15.2 Å². The van der Waals surface area contributed by atoms with Crippen LogP contribution in [0.4, 0.5) is 0 Å². The van der Waals surface area contributed by atoms with E-state index in [0.717, 1.165) is 10.7 Å². The molecular formula is C13H16N4OS. The summed E-state index contributed by atoms with van der Waals surface area (Å²) in [5.74, 6) is 1.88. The third-order valence-corrected chi connectivity index (χ3v) is 3.55. The van der Waals surface area contributed by atoms with Crippen molar-refractivity contribution in [1.82, 2.24) is 20.1 Å². The van der Waals surface area contributed by atoms with Crippen LogP contribution >= 0.6 is 11.8 Å². The van der Waals surface area contributed by atoms with E-state index in [0.29, 0.717) is 18.1 Å². The van der Waals surface area contributed by atoms with Crippen LogP contribution in [-0.4, -0.2) is 38.8 Å². The molecule has 2 rings (SSSR count). The Morgan fingerprint density at radius 1 is 1.37 bits per heavy atom. The summed E-state index contributed by atoms with van der Waals surface area (Å²) in [7, 11) is 1.76. The Kier molecular flexibility index (Phi) is 4.57. The first-order chi connectivity index (χ1) is 9.15. The lowest BCUT2D eigenvalue weighted by molar-refractivity contribution is -0.127. The van der Waals surface area contributed by atoms with Crippen LogP contribution in [0.15, 0.2) is 35.2 Å². The van der Waals surface area contributed by atoms with Crippen LogP contribution in [0.3, 0.4) is 0 Å². The molecule has 0 spiro atoms. The summed E-state index contributed by atoms with van der Waals surface area (Å²) >= 11 is 1.53. The number of thioether (sulfide) groups is 1. The second-order valence-electron chi connectivity index (χ2n) is 4.19. The number of aryl methyl sites for hydroxylation is 1. The van der Waals surface area contributed by atoms with Crippen LogP contribution in [-0.2, 0) is 11.3 Å². The number of carbonyl (C=O) groups is 1. The van der Waals surface area contributed by atoms with Gasteiger partial charge in [-0.15, -0.1) is 11.8 Å². The maximum Gasteiger partial charge on any atom is 0.233 e. The molecule has 0 radical (unpaired) electrons. The first-order valence-electron chi connectivity index (χ1n) is 5.95. The molecule has 0 unspecified atom stereocenters. The number of amides is 1. The third-order valence-electron chi connectivity index (χ3n) is 2.55. The van der Waals surface area contributed by atoms with Gasteiger partial charge in [0.05, 0.1) is 12.3 Å². The Hall–Kier alpha value is -1.82. The zero-order valence-electron chi connectivity index (χ0n) is 11.0. The van der Waals surface area contributed by atoms with E-state index in [1.807, 2.05) is 37.3 Å². The van der Waals surface area contributed by atoms with Crippen LogP contribution in [0.5, 0.6) is 0 Å². The normalized spacial score (nSPS) is 10.4. The van der Waals surface area contributed by atoms with E-state index >= 15 is 0 Å². The summed E-state index contributed by atoms with van der Waals surface area (Å²) in [5.41, 5.74) is 0. The Labute approximate surface area is 116 Å². The van der Waals surface area contributed by atoms with E-state index in [4.69, 9.17) is 0 Å². The number of hydrogen-bond acceptors (Lipinski definition) is 4. The maximum absolute atomic E-state index is 12.0. The van der Waals surface area contributed by atoms with Crippen molar-refractivity contribution >= 4 is 17.7 Å². The molecule has 0 atom stereocenters. The standard InChI is InChI=1S/C13H16N4OS/c1-10-14-12(16-15-10)8-17(2)13(18)9-19-11-6-4-3-5-7-11/h3-7H,8-9H2,1-2H3,(H,14,15,16). The van der Waals surface area contributed by atoms with Gasteiger partial charge in [0.2, 0.25) is 5.91 Å². The number of H-pyrrole nitrogens is 1. The van der Waals surface area contributed by atoms with Crippen LogP contribution in [0.25, 0.3) is 0 Å². The van der Waals surface area contributed by atoms with Gasteiger partial charge in [-0.2, -0.15) is 5.10 Å². The second kappa shape index (κ2) is 6.38. The first-order valence-corrected chi connectivity index (χ1v) is 6.93. The average molecular weight is 276 g/mol. The van der Waals surface area contributed by atoms with E-state index in [1.54, 1.807) is 11.9 Å². The van der Waals surface area contributed by atoms with E-state index in [-0.39, 0.29) is 5.91 Å². The van der Waals surface area contributed by atoms with Gasteiger partial charge in [-0.1, -0.05) is 18.2 Å². The molecule has 100 valence electrons. The molecule has 0 saturated heterocycles. The number of aromatic nitrogens is 3. The average Bonchev–Trinajstić information content (AvgIpc) is 2.82. The van der Waals surface area contributed by atoms with Crippen LogP contribution in [0.2, 0.25) is 0 Å². The summed E-state index contributed by atoms with van der Waals surface area (Å²) in [6, 6.07) is 9.89. The van der Waals surface area contributed by atoms with Gasteiger partial charge in [0.1, 0.15) is 5.82 Å². The van der Waals surface area contributed by atoms with E-state index in [9.17, 15) is 4.79 Å². The van der Waals surface area contributed by atoms with E-state index < -0.39 is 0 Å². The number of rotatable bonds is 5. The van der Waals surface area contributed by atoms with Crippen molar-refractivity contribution in [1.29, 1.82) is 0 Å². The molecule has 0 fully saturated rings. The molecule has 1 amide bonds. The third kappa shape index (κ3) is 4.10. The topological polar surface area (TPSA) is 61.9 Å². The van der Waals surface area contributed by atoms with Crippen molar-refractivity contribution in [3.05, 3.63) is 42.0 Å². The molecule has 1 N–H and O–H groups in total. The largest absolute Gasteiger partial charge is 0.337 e. The van der Waals surface area contributed by atoms with Crippen molar-refractivity contribution in [3.8, 4) is 0 Å². The second-order valence-corrected chi connectivity index (χ2v) is 5.24. The van der Waals surface area contributed by atoms with Crippen LogP contribution in [0.1, 0.15) is 11.6 Å². The van der Waals surface area contributed by atoms with Gasteiger partial charge >= 0.3 is 0 Å². The van der Waals surface area contributed by atoms with Gasteiger partial charge in [-0.05, 0) is 19.1 Å². The Morgan fingerprint density at radius 3 is 2.74 bits per heavy atom. The molecule has 0 bridgehead atoms. The summed E-state index contributed by atoms with van der Waals surface area (Å²) in [6.45, 7) is 2.27. The maximum atomic E-state index is 12.0. The number of aromatic amines is 1. The Balaban J connectivity index is 1.82. The summed E-state index contributed by atoms with van der Waals surface area (Å²) in [4.78, 5) is 18.9. The molecule has 0 aliphatic rings. The summed E-state index contributed by atoms with van der Waals surface area (Å²) in [5, 5.41) is 6.79. The van der Waals surface area contributed by atoms with Crippen molar-refractivity contribution in [2.75, 3.05) is 12.8 Å². The van der Waals surface area contributed by atoms with Gasteiger partial charge in [-0.3, -0.25) is 9.89 Å². The SMILES string of the molecule is Cc1nc(CN(C)C(=O)CSc2ccccc2)n[nH]1. The van der Waals surface area contributed by atoms with Gasteiger partial charge < -0.3 is 4.90 Å². The zero-order valence-corrected chi connectivity index (χ0v) is 11.8. The molecular weight excluding hydrogens is 260 g/mol. The number of benzene rings is 1. The number of nitrogens with one attached hydrogen (secondary N) is 1. The fourth-order valence-electron chi connectivity index (χ4n) is 1.53. The minimum Gasteiger partial charge on any atom is -0.337 e. The molecule has 1 aromatic carbocycles. The Bertz CT molecular complexity index is 541. The summed E-state index contributed by atoms with van der Waals surface area (Å²) < 4.78 is 0. The molecule has 0 aliphatic carbocycles. The molecule has 6 heteroatoms. The molecule has 2 aromatic rings. The lowest BCUT2D eigenvalue weighted by Gasteiger charge is -2.14. The molecule has 1 heterocycles. The van der Waals surface area contributed by atoms with Crippen LogP contribution < -0.4 is 0 Å². The quantitative estimate of drug-likeness (QED) is 0.847. The highest BCUT2D eigenvalue weighted by molar-refractivity contribution is 8.00. The highest BCUT2D eigenvalue weighted by Crippen LogP contribution is 2.17. The highest BCUT2D eigenvalue weighted by atomic mass is 32.2. The van der Waals surface area contributed by atoms with Crippen LogP contribution in [0, 0.1) is 6.92 Å². The van der Waals surface area contributed by atoms with Crippen molar-refractivity contribution in [2.24, 2.45) is 0 Å².